The third-order valence-electron chi connectivity index (χ3n) is 4.81. The second kappa shape index (κ2) is 7.58. The molecule has 1 amide bonds. The molecule has 0 unspecified atom stereocenters. The van der Waals surface area contributed by atoms with Crippen LogP contribution in [-0.4, -0.2) is 29.2 Å². The molecule has 27 heavy (non-hydrogen) atoms. The maximum Gasteiger partial charge on any atom is 0.255 e. The number of carbonyl (C=O) groups excluding carboxylic acids is 1. The lowest BCUT2D eigenvalue weighted by atomic mass is 10.1. The van der Waals surface area contributed by atoms with Crippen LogP contribution in [0.15, 0.2) is 60.7 Å². The molecule has 1 fully saturated rings. The average molecular weight is 358 g/mol. The Morgan fingerprint density at radius 1 is 0.963 bits per heavy atom. The van der Waals surface area contributed by atoms with Crippen molar-refractivity contribution in [1.82, 2.24) is 10.2 Å². The summed E-state index contributed by atoms with van der Waals surface area (Å²) in [6, 6.07) is 19.2. The highest BCUT2D eigenvalue weighted by Crippen LogP contribution is 2.23. The molecule has 1 N–H and O–H groups in total. The first-order valence-corrected chi connectivity index (χ1v) is 9.26. The SMILES string of the molecule is Cc1ccc(C(=O)Nc2cccc(-c3ccc(N4CCCC4)nn3)c2)cc1. The van der Waals surface area contributed by atoms with Gasteiger partial charge in [-0.15, -0.1) is 10.2 Å². The smallest absolute Gasteiger partial charge is 0.255 e. The van der Waals surface area contributed by atoms with Crippen molar-refractivity contribution in [3.8, 4) is 11.3 Å². The fourth-order valence-corrected chi connectivity index (χ4v) is 3.26. The van der Waals surface area contributed by atoms with E-state index in [2.05, 4.69) is 20.4 Å². The Hall–Kier alpha value is -3.21. The van der Waals surface area contributed by atoms with Crippen LogP contribution < -0.4 is 10.2 Å². The van der Waals surface area contributed by atoms with E-state index in [-0.39, 0.29) is 5.91 Å². The number of hydrogen-bond donors (Lipinski definition) is 1. The van der Waals surface area contributed by atoms with E-state index in [1.54, 1.807) is 0 Å². The lowest BCUT2D eigenvalue weighted by molar-refractivity contribution is 0.102. The Kier molecular flexibility index (Phi) is 4.83. The molecular weight excluding hydrogens is 336 g/mol. The zero-order valence-electron chi connectivity index (χ0n) is 15.4. The van der Waals surface area contributed by atoms with Crippen molar-refractivity contribution in [2.45, 2.75) is 19.8 Å². The molecule has 0 atom stereocenters. The van der Waals surface area contributed by atoms with E-state index in [1.807, 2.05) is 67.6 Å². The van der Waals surface area contributed by atoms with Crippen molar-refractivity contribution in [2.75, 3.05) is 23.3 Å². The molecule has 1 aliphatic heterocycles. The largest absolute Gasteiger partial charge is 0.355 e. The number of amides is 1. The first-order chi connectivity index (χ1) is 13.2. The monoisotopic (exact) mass is 358 g/mol. The van der Waals surface area contributed by atoms with Crippen molar-refractivity contribution in [2.24, 2.45) is 0 Å². The van der Waals surface area contributed by atoms with Crippen molar-refractivity contribution in [3.05, 3.63) is 71.8 Å². The summed E-state index contributed by atoms with van der Waals surface area (Å²) < 4.78 is 0. The van der Waals surface area contributed by atoms with Crippen LogP contribution in [0.25, 0.3) is 11.3 Å². The predicted octanol–water partition coefficient (Wildman–Crippen LogP) is 4.30. The van der Waals surface area contributed by atoms with E-state index in [9.17, 15) is 4.79 Å². The van der Waals surface area contributed by atoms with Gasteiger partial charge in [0.15, 0.2) is 5.82 Å². The number of rotatable bonds is 4. The van der Waals surface area contributed by atoms with Crippen LogP contribution in [0.5, 0.6) is 0 Å². The molecule has 5 heteroatoms. The topological polar surface area (TPSA) is 58.1 Å². The standard InChI is InChI=1S/C22H22N4O/c1-16-7-9-17(10-8-16)22(27)23-19-6-4-5-18(15-19)20-11-12-21(25-24-20)26-13-2-3-14-26/h4-12,15H,2-3,13-14H2,1H3,(H,23,27). The summed E-state index contributed by atoms with van der Waals surface area (Å²) >= 11 is 0. The molecule has 0 spiro atoms. The normalized spacial score (nSPS) is 13.6. The van der Waals surface area contributed by atoms with Crippen molar-refractivity contribution >= 4 is 17.4 Å². The van der Waals surface area contributed by atoms with E-state index < -0.39 is 0 Å². The molecule has 1 aromatic heterocycles. The van der Waals surface area contributed by atoms with Crippen LogP contribution in [0.1, 0.15) is 28.8 Å². The van der Waals surface area contributed by atoms with Crippen molar-refractivity contribution < 1.29 is 4.79 Å². The summed E-state index contributed by atoms with van der Waals surface area (Å²) in [5.41, 5.74) is 4.23. The number of benzene rings is 2. The van der Waals surface area contributed by atoms with Gasteiger partial charge in [-0.2, -0.15) is 0 Å². The minimum atomic E-state index is -0.123. The van der Waals surface area contributed by atoms with E-state index in [0.29, 0.717) is 5.56 Å². The molecule has 5 nitrogen and oxygen atoms in total. The van der Waals surface area contributed by atoms with Crippen molar-refractivity contribution in [3.63, 3.8) is 0 Å². The summed E-state index contributed by atoms with van der Waals surface area (Å²) in [6.07, 6.45) is 2.43. The minimum absolute atomic E-state index is 0.123. The number of aromatic nitrogens is 2. The van der Waals surface area contributed by atoms with Crippen LogP contribution >= 0.6 is 0 Å². The Labute approximate surface area is 159 Å². The molecule has 136 valence electrons. The van der Waals surface area contributed by atoms with Crippen LogP contribution in [0.3, 0.4) is 0 Å². The van der Waals surface area contributed by atoms with Gasteiger partial charge in [-0.1, -0.05) is 29.8 Å². The van der Waals surface area contributed by atoms with Gasteiger partial charge in [-0.05, 0) is 56.2 Å². The molecule has 2 aromatic carbocycles. The summed E-state index contributed by atoms with van der Waals surface area (Å²) in [5, 5.41) is 11.7. The van der Waals surface area contributed by atoms with Gasteiger partial charge in [0.2, 0.25) is 0 Å². The third kappa shape index (κ3) is 3.97. The van der Waals surface area contributed by atoms with Gasteiger partial charge in [0.05, 0.1) is 5.69 Å². The average Bonchev–Trinajstić information content (AvgIpc) is 3.24. The molecule has 0 saturated carbocycles. The van der Waals surface area contributed by atoms with Gasteiger partial charge in [0.25, 0.3) is 5.91 Å². The van der Waals surface area contributed by atoms with Crippen LogP contribution in [0, 0.1) is 6.92 Å². The van der Waals surface area contributed by atoms with E-state index in [0.717, 1.165) is 41.4 Å². The van der Waals surface area contributed by atoms with E-state index in [1.165, 1.54) is 12.8 Å². The highest BCUT2D eigenvalue weighted by molar-refractivity contribution is 6.04. The zero-order chi connectivity index (χ0) is 18.6. The highest BCUT2D eigenvalue weighted by atomic mass is 16.1. The predicted molar refractivity (Wildman–Crippen MR) is 108 cm³/mol. The molecule has 0 aliphatic carbocycles. The summed E-state index contributed by atoms with van der Waals surface area (Å²) in [5.74, 6) is 0.808. The fraction of sp³-hybridized carbons (Fsp3) is 0.227. The molecule has 3 aromatic rings. The molecule has 0 radical (unpaired) electrons. The van der Waals surface area contributed by atoms with Gasteiger partial charge in [-0.3, -0.25) is 4.79 Å². The Balaban J connectivity index is 1.50. The summed E-state index contributed by atoms with van der Waals surface area (Å²) in [6.45, 7) is 4.10. The highest BCUT2D eigenvalue weighted by Gasteiger charge is 2.14. The molecule has 0 bridgehead atoms. The quantitative estimate of drug-likeness (QED) is 0.755. The van der Waals surface area contributed by atoms with Gasteiger partial charge < -0.3 is 10.2 Å². The lowest BCUT2D eigenvalue weighted by Gasteiger charge is -2.15. The maximum atomic E-state index is 12.4. The second-order valence-corrected chi connectivity index (χ2v) is 6.87. The van der Waals surface area contributed by atoms with Gasteiger partial charge in [0, 0.05) is 29.9 Å². The fourth-order valence-electron chi connectivity index (χ4n) is 3.26. The number of nitrogens with one attached hydrogen (secondary N) is 1. The Morgan fingerprint density at radius 3 is 2.44 bits per heavy atom. The number of nitrogens with zero attached hydrogens (tertiary/aromatic N) is 3. The third-order valence-corrected chi connectivity index (χ3v) is 4.81. The van der Waals surface area contributed by atoms with Crippen LogP contribution in [0.4, 0.5) is 11.5 Å². The molecule has 1 aliphatic rings. The lowest BCUT2D eigenvalue weighted by Crippen LogP contribution is -2.19. The zero-order valence-corrected chi connectivity index (χ0v) is 15.4. The number of aryl methyl sites for hydroxylation is 1. The van der Waals surface area contributed by atoms with E-state index >= 15 is 0 Å². The maximum absolute atomic E-state index is 12.4. The molecule has 4 rings (SSSR count). The van der Waals surface area contributed by atoms with Crippen LogP contribution in [0.2, 0.25) is 0 Å². The number of anilines is 2. The summed E-state index contributed by atoms with van der Waals surface area (Å²) in [4.78, 5) is 14.7. The first kappa shape index (κ1) is 17.2. The van der Waals surface area contributed by atoms with Gasteiger partial charge in [-0.25, -0.2) is 0 Å². The van der Waals surface area contributed by atoms with Crippen LogP contribution in [-0.2, 0) is 0 Å². The Bertz CT molecular complexity index is 929. The van der Waals surface area contributed by atoms with E-state index in [4.69, 9.17) is 0 Å². The molecule has 2 heterocycles. The molecule has 1 saturated heterocycles. The second-order valence-electron chi connectivity index (χ2n) is 6.87. The minimum Gasteiger partial charge on any atom is -0.355 e. The van der Waals surface area contributed by atoms with Gasteiger partial charge in [0.1, 0.15) is 0 Å². The number of hydrogen-bond acceptors (Lipinski definition) is 4. The van der Waals surface area contributed by atoms with Gasteiger partial charge >= 0.3 is 0 Å². The van der Waals surface area contributed by atoms with Crippen molar-refractivity contribution in [1.29, 1.82) is 0 Å². The Morgan fingerprint density at radius 2 is 1.74 bits per heavy atom. The molecular formula is C22H22N4O. The first-order valence-electron chi connectivity index (χ1n) is 9.26. The summed E-state index contributed by atoms with van der Waals surface area (Å²) in [7, 11) is 0. The number of carbonyl (C=O) groups is 1.